The second-order valence-electron chi connectivity index (χ2n) is 5.84. The smallest absolute Gasteiger partial charge is 0.251 e. The Morgan fingerprint density at radius 3 is 2.53 bits per heavy atom. The molecular formula is C16H24N2O. The molecule has 1 amide bonds. The topological polar surface area (TPSA) is 55.1 Å². The number of nitrogens with one attached hydrogen (secondary N) is 1. The second-order valence-corrected chi connectivity index (χ2v) is 5.84. The molecule has 0 heterocycles. The largest absolute Gasteiger partial charge is 0.352 e. The fraction of sp³-hybridized carbons (Fsp3) is 0.562. The van der Waals surface area contributed by atoms with Gasteiger partial charge in [0.2, 0.25) is 0 Å². The molecule has 0 aliphatic heterocycles. The lowest BCUT2D eigenvalue weighted by Crippen LogP contribution is -2.36. The molecule has 1 aromatic carbocycles. The number of hydrogen-bond acceptors (Lipinski definition) is 2. The van der Waals surface area contributed by atoms with E-state index in [0.717, 1.165) is 18.4 Å². The monoisotopic (exact) mass is 260 g/mol. The Morgan fingerprint density at radius 1 is 1.32 bits per heavy atom. The number of carbonyl (C=O) groups excluding carboxylic acids is 1. The standard InChI is InChI=1S/C16H24N2O/c1-11(2)12-6-8-13(9-7-12)16(19)18-10-14-4-3-5-15(14)17/h6-9,11,14-15H,3-5,10,17H2,1-2H3,(H,18,19). The van der Waals surface area contributed by atoms with Gasteiger partial charge in [-0.15, -0.1) is 0 Å². The molecule has 0 bridgehead atoms. The highest BCUT2D eigenvalue weighted by molar-refractivity contribution is 5.94. The fourth-order valence-corrected chi connectivity index (χ4v) is 2.66. The van der Waals surface area contributed by atoms with Crippen molar-refractivity contribution >= 4 is 5.91 Å². The molecule has 2 rings (SSSR count). The molecule has 1 saturated carbocycles. The number of benzene rings is 1. The second kappa shape index (κ2) is 6.20. The van der Waals surface area contributed by atoms with E-state index in [1.54, 1.807) is 0 Å². The zero-order valence-corrected chi connectivity index (χ0v) is 11.9. The Hall–Kier alpha value is -1.35. The van der Waals surface area contributed by atoms with Gasteiger partial charge in [-0.1, -0.05) is 32.4 Å². The minimum atomic E-state index is 0.00871. The Balaban J connectivity index is 1.89. The van der Waals surface area contributed by atoms with Gasteiger partial charge in [-0.2, -0.15) is 0 Å². The Morgan fingerprint density at radius 2 is 2.00 bits per heavy atom. The lowest BCUT2D eigenvalue weighted by molar-refractivity contribution is 0.0946. The predicted molar refractivity (Wildman–Crippen MR) is 78.2 cm³/mol. The Labute approximate surface area is 115 Å². The van der Waals surface area contributed by atoms with E-state index >= 15 is 0 Å². The molecule has 2 unspecified atom stereocenters. The van der Waals surface area contributed by atoms with Crippen LogP contribution in [0.5, 0.6) is 0 Å². The number of nitrogens with two attached hydrogens (primary N) is 1. The lowest BCUT2D eigenvalue weighted by Gasteiger charge is -2.16. The predicted octanol–water partition coefficient (Wildman–Crippen LogP) is 2.67. The summed E-state index contributed by atoms with van der Waals surface area (Å²) in [5, 5.41) is 3.00. The normalized spacial score (nSPS) is 22.7. The van der Waals surface area contributed by atoms with Crippen LogP contribution in [0.25, 0.3) is 0 Å². The van der Waals surface area contributed by atoms with Gasteiger partial charge in [-0.25, -0.2) is 0 Å². The fourth-order valence-electron chi connectivity index (χ4n) is 2.66. The maximum Gasteiger partial charge on any atom is 0.251 e. The van der Waals surface area contributed by atoms with Gasteiger partial charge in [0.25, 0.3) is 5.91 Å². The third kappa shape index (κ3) is 3.57. The van der Waals surface area contributed by atoms with Gasteiger partial charge < -0.3 is 11.1 Å². The molecule has 3 nitrogen and oxygen atoms in total. The third-order valence-corrected chi connectivity index (χ3v) is 4.08. The van der Waals surface area contributed by atoms with Crippen molar-refractivity contribution in [1.82, 2.24) is 5.32 Å². The maximum atomic E-state index is 12.0. The van der Waals surface area contributed by atoms with Gasteiger partial charge in [0.1, 0.15) is 0 Å². The van der Waals surface area contributed by atoms with E-state index in [2.05, 4.69) is 19.2 Å². The summed E-state index contributed by atoms with van der Waals surface area (Å²) in [5.74, 6) is 0.946. The van der Waals surface area contributed by atoms with Gasteiger partial charge in [-0.05, 0) is 42.4 Å². The summed E-state index contributed by atoms with van der Waals surface area (Å²) in [4.78, 5) is 12.0. The first-order valence-corrected chi connectivity index (χ1v) is 7.21. The summed E-state index contributed by atoms with van der Waals surface area (Å²) in [6.45, 7) is 5.00. The molecule has 0 aromatic heterocycles. The number of rotatable bonds is 4. The zero-order valence-electron chi connectivity index (χ0n) is 11.9. The molecule has 1 aliphatic rings. The zero-order chi connectivity index (χ0) is 13.8. The highest BCUT2D eigenvalue weighted by Gasteiger charge is 2.24. The molecule has 19 heavy (non-hydrogen) atoms. The summed E-state index contributed by atoms with van der Waals surface area (Å²) in [7, 11) is 0. The molecule has 0 spiro atoms. The molecule has 2 atom stereocenters. The molecule has 3 heteroatoms. The van der Waals surface area contributed by atoms with Crippen LogP contribution in [0.15, 0.2) is 24.3 Å². The van der Waals surface area contributed by atoms with E-state index in [-0.39, 0.29) is 11.9 Å². The number of amides is 1. The van der Waals surface area contributed by atoms with Crippen molar-refractivity contribution in [2.75, 3.05) is 6.54 Å². The first kappa shape index (κ1) is 14.1. The van der Waals surface area contributed by atoms with Crippen LogP contribution >= 0.6 is 0 Å². The van der Waals surface area contributed by atoms with Crippen LogP contribution in [-0.2, 0) is 0 Å². The quantitative estimate of drug-likeness (QED) is 0.874. The van der Waals surface area contributed by atoms with Gasteiger partial charge in [-0.3, -0.25) is 4.79 Å². The van der Waals surface area contributed by atoms with Gasteiger partial charge in [0, 0.05) is 18.2 Å². The van der Waals surface area contributed by atoms with Crippen molar-refractivity contribution in [3.05, 3.63) is 35.4 Å². The first-order valence-electron chi connectivity index (χ1n) is 7.21. The molecule has 1 aromatic rings. The highest BCUT2D eigenvalue weighted by atomic mass is 16.1. The van der Waals surface area contributed by atoms with E-state index in [0.29, 0.717) is 18.4 Å². The van der Waals surface area contributed by atoms with E-state index in [1.807, 2.05) is 24.3 Å². The van der Waals surface area contributed by atoms with E-state index in [4.69, 9.17) is 5.73 Å². The van der Waals surface area contributed by atoms with Crippen LogP contribution in [0.1, 0.15) is 54.9 Å². The first-order chi connectivity index (χ1) is 9.08. The van der Waals surface area contributed by atoms with Gasteiger partial charge in [0.05, 0.1) is 0 Å². The summed E-state index contributed by atoms with van der Waals surface area (Å²) in [6, 6.07) is 8.11. The summed E-state index contributed by atoms with van der Waals surface area (Å²) >= 11 is 0. The summed E-state index contributed by atoms with van der Waals surface area (Å²) in [5.41, 5.74) is 8.00. The van der Waals surface area contributed by atoms with Crippen LogP contribution < -0.4 is 11.1 Å². The van der Waals surface area contributed by atoms with E-state index in [9.17, 15) is 4.79 Å². The number of hydrogen-bond donors (Lipinski definition) is 2. The Kier molecular flexibility index (Phi) is 4.59. The summed E-state index contributed by atoms with van der Waals surface area (Å²) < 4.78 is 0. The lowest BCUT2D eigenvalue weighted by atomic mass is 10.0. The SMILES string of the molecule is CC(C)c1ccc(C(=O)NCC2CCCC2N)cc1. The molecule has 0 radical (unpaired) electrons. The van der Waals surface area contributed by atoms with Crippen molar-refractivity contribution < 1.29 is 4.79 Å². The molecule has 0 saturated heterocycles. The molecule has 1 fully saturated rings. The third-order valence-electron chi connectivity index (χ3n) is 4.08. The minimum absolute atomic E-state index is 0.00871. The van der Waals surface area contributed by atoms with E-state index < -0.39 is 0 Å². The van der Waals surface area contributed by atoms with Crippen LogP contribution in [-0.4, -0.2) is 18.5 Å². The average Bonchev–Trinajstić information content (AvgIpc) is 2.81. The van der Waals surface area contributed by atoms with Crippen molar-refractivity contribution in [3.8, 4) is 0 Å². The molecule has 3 N–H and O–H groups in total. The van der Waals surface area contributed by atoms with Crippen molar-refractivity contribution in [2.45, 2.75) is 45.1 Å². The van der Waals surface area contributed by atoms with Gasteiger partial charge in [0.15, 0.2) is 0 Å². The van der Waals surface area contributed by atoms with Crippen LogP contribution in [0.3, 0.4) is 0 Å². The highest BCUT2D eigenvalue weighted by Crippen LogP contribution is 2.23. The van der Waals surface area contributed by atoms with Crippen LogP contribution in [0.2, 0.25) is 0 Å². The van der Waals surface area contributed by atoms with E-state index in [1.165, 1.54) is 12.0 Å². The van der Waals surface area contributed by atoms with Crippen LogP contribution in [0, 0.1) is 5.92 Å². The molecular weight excluding hydrogens is 236 g/mol. The number of carbonyl (C=O) groups is 1. The Bertz CT molecular complexity index is 425. The van der Waals surface area contributed by atoms with Crippen molar-refractivity contribution in [2.24, 2.45) is 11.7 Å². The summed E-state index contributed by atoms with van der Waals surface area (Å²) in [6.07, 6.45) is 3.40. The minimum Gasteiger partial charge on any atom is -0.352 e. The van der Waals surface area contributed by atoms with Gasteiger partial charge >= 0.3 is 0 Å². The van der Waals surface area contributed by atoms with Crippen LogP contribution in [0.4, 0.5) is 0 Å². The average molecular weight is 260 g/mol. The maximum absolute atomic E-state index is 12.0. The molecule has 1 aliphatic carbocycles. The molecule has 104 valence electrons. The van der Waals surface area contributed by atoms with Crippen molar-refractivity contribution in [3.63, 3.8) is 0 Å². The van der Waals surface area contributed by atoms with Crippen molar-refractivity contribution in [1.29, 1.82) is 0 Å².